The minimum absolute atomic E-state index is 0.0195. The lowest BCUT2D eigenvalue weighted by Gasteiger charge is -2.32. The second kappa shape index (κ2) is 28.5. The van der Waals surface area contributed by atoms with Crippen molar-refractivity contribution in [2.24, 2.45) is 28.3 Å². The molecule has 14 N–H and O–H groups in total. The number of nitrogens with two attached hydrogens (primary N) is 2. The lowest BCUT2D eigenvalue weighted by molar-refractivity contribution is -0.145. The third-order valence-corrected chi connectivity index (χ3v) is 11.6. The van der Waals surface area contributed by atoms with Gasteiger partial charge in [-0.25, -0.2) is 9.78 Å². The lowest BCUT2D eigenvalue weighted by Crippen LogP contribution is -2.61. The molecule has 68 heavy (non-hydrogen) atoms. The number of carbonyl (C=O) groups excluding carboxylic acids is 7. The molecule has 0 bridgehead atoms. The third-order valence-electron chi connectivity index (χ3n) is 11.6. The Morgan fingerprint density at radius 1 is 0.824 bits per heavy atom. The molecule has 23 heteroatoms. The van der Waals surface area contributed by atoms with Gasteiger partial charge in [-0.15, -0.1) is 0 Å². The first kappa shape index (κ1) is 55.7. The Morgan fingerprint density at radius 3 is 2.04 bits per heavy atom. The number of aliphatic hydroxyl groups is 1. The summed E-state index contributed by atoms with van der Waals surface area (Å²) in [5.41, 5.74) is 12.0. The van der Waals surface area contributed by atoms with E-state index < -0.39 is 101 Å². The van der Waals surface area contributed by atoms with E-state index in [4.69, 9.17) is 11.5 Å². The number of nitrogens with zero attached hydrogens (tertiary/aromatic N) is 3. The summed E-state index contributed by atoms with van der Waals surface area (Å²) in [6.45, 7) is 6.82. The highest BCUT2D eigenvalue weighted by Gasteiger charge is 2.41. The number of amides is 7. The van der Waals surface area contributed by atoms with Crippen molar-refractivity contribution in [3.8, 4) is 0 Å². The van der Waals surface area contributed by atoms with Crippen LogP contribution in [0.2, 0.25) is 0 Å². The number of likely N-dealkylation sites (N-methyl/N-ethyl adjacent to an activating group) is 1. The predicted molar refractivity (Wildman–Crippen MR) is 251 cm³/mol. The van der Waals surface area contributed by atoms with E-state index in [1.54, 1.807) is 65.1 Å². The van der Waals surface area contributed by atoms with Gasteiger partial charge >= 0.3 is 5.97 Å². The second-order valence-electron chi connectivity index (χ2n) is 17.2. The number of aromatic amines is 1. The van der Waals surface area contributed by atoms with E-state index in [9.17, 15) is 48.6 Å². The molecule has 0 aliphatic carbocycles. The van der Waals surface area contributed by atoms with Crippen molar-refractivity contribution < 1.29 is 48.6 Å². The van der Waals surface area contributed by atoms with Crippen molar-refractivity contribution in [1.29, 1.82) is 0 Å². The summed E-state index contributed by atoms with van der Waals surface area (Å²) in [6, 6.07) is 0.457. The van der Waals surface area contributed by atoms with Crippen LogP contribution in [0.25, 0.3) is 0 Å². The number of aromatic nitrogens is 2. The Labute approximate surface area is 396 Å². The van der Waals surface area contributed by atoms with Gasteiger partial charge in [0.25, 0.3) is 0 Å². The number of likely N-dealkylation sites (tertiary alicyclic amines) is 1. The predicted octanol–water partition coefficient (Wildman–Crippen LogP) is -2.07. The fourth-order valence-electron chi connectivity index (χ4n) is 7.65. The molecule has 2 heterocycles. The molecule has 8 atom stereocenters. The number of aliphatic hydroxyl groups excluding tert-OH is 1. The molecule has 3 rings (SSSR count). The Morgan fingerprint density at radius 2 is 1.46 bits per heavy atom. The van der Waals surface area contributed by atoms with Crippen molar-refractivity contribution in [1.82, 2.24) is 52.1 Å². The molecule has 2 aromatic rings. The van der Waals surface area contributed by atoms with E-state index in [-0.39, 0.29) is 70.7 Å². The molecular formula is C45H71N13O10. The zero-order chi connectivity index (χ0) is 50.3. The van der Waals surface area contributed by atoms with Gasteiger partial charge in [0.2, 0.25) is 41.4 Å². The largest absolute Gasteiger partial charge is 0.480 e. The van der Waals surface area contributed by atoms with E-state index in [1.165, 1.54) is 17.4 Å². The van der Waals surface area contributed by atoms with Gasteiger partial charge in [-0.1, -0.05) is 64.4 Å². The van der Waals surface area contributed by atoms with Crippen LogP contribution in [0.1, 0.15) is 83.9 Å². The maximum atomic E-state index is 14.4. The maximum Gasteiger partial charge on any atom is 0.326 e. The molecule has 0 radical (unpaired) electrons. The molecular weight excluding hydrogens is 883 g/mol. The number of hydrogen-bond donors (Lipinski definition) is 12. The third kappa shape index (κ3) is 17.9. The molecule has 376 valence electrons. The Hall–Kier alpha value is -6.62. The number of aliphatic imine (C=N–C) groups is 1. The van der Waals surface area contributed by atoms with Gasteiger partial charge in [-0.3, -0.25) is 38.6 Å². The molecule has 1 aromatic carbocycles. The van der Waals surface area contributed by atoms with Gasteiger partial charge in [-0.05, 0) is 63.0 Å². The monoisotopic (exact) mass is 954 g/mol. The number of carboxylic acids is 1. The molecule has 7 amide bonds. The van der Waals surface area contributed by atoms with E-state index in [2.05, 4.69) is 52.2 Å². The Bertz CT molecular complexity index is 2000. The smallest absolute Gasteiger partial charge is 0.326 e. The number of benzene rings is 1. The quantitative estimate of drug-likeness (QED) is 0.0237. The topological polar surface area (TPSA) is 358 Å². The fourth-order valence-corrected chi connectivity index (χ4v) is 7.65. The van der Waals surface area contributed by atoms with Gasteiger partial charge in [0, 0.05) is 44.4 Å². The molecule has 1 saturated heterocycles. The van der Waals surface area contributed by atoms with E-state index in [0.717, 1.165) is 0 Å². The molecule has 1 aromatic heterocycles. The molecule has 0 unspecified atom stereocenters. The zero-order valence-electron chi connectivity index (χ0n) is 39.6. The molecule has 23 nitrogen and oxygen atoms in total. The van der Waals surface area contributed by atoms with Crippen LogP contribution in [0.3, 0.4) is 0 Å². The normalized spacial score (nSPS) is 16.5. The van der Waals surface area contributed by atoms with Crippen LogP contribution in [-0.2, 0) is 51.2 Å². The summed E-state index contributed by atoms with van der Waals surface area (Å²) in [5, 5.41) is 38.6. The Kier molecular flexibility index (Phi) is 23.4. The highest BCUT2D eigenvalue weighted by Crippen LogP contribution is 2.21. The molecule has 1 aliphatic rings. The SMILES string of the molecule is CC[C@H](C)[C@H](NC(=O)[C@H](CCCO)NC(=O)[C@@H](NC(=O)[C@H](CCCN=C(N)N)NC(=O)CNC)C(C)C)C(=O)N[C@@H](Cc1cnc[nH]1)C(=O)N1CCC[C@H]1C(=O)N[C@@H](Cc1ccccc1)C(=O)O. The first-order chi connectivity index (χ1) is 32.4. The number of H-pyrrole nitrogens is 1. The van der Waals surface area contributed by atoms with Crippen molar-refractivity contribution >= 4 is 53.3 Å². The van der Waals surface area contributed by atoms with Gasteiger partial charge in [0.1, 0.15) is 42.3 Å². The highest BCUT2D eigenvalue weighted by molar-refractivity contribution is 5.98. The average Bonchev–Trinajstić information content (AvgIpc) is 4.02. The van der Waals surface area contributed by atoms with Gasteiger partial charge in [0.15, 0.2) is 5.96 Å². The van der Waals surface area contributed by atoms with Crippen LogP contribution in [0.15, 0.2) is 47.8 Å². The summed E-state index contributed by atoms with van der Waals surface area (Å²) >= 11 is 0. The number of carbonyl (C=O) groups is 8. The van der Waals surface area contributed by atoms with Crippen LogP contribution >= 0.6 is 0 Å². The molecule has 0 saturated carbocycles. The van der Waals surface area contributed by atoms with Crippen molar-refractivity contribution in [3.05, 3.63) is 54.1 Å². The van der Waals surface area contributed by atoms with Crippen LogP contribution in [0.4, 0.5) is 0 Å². The van der Waals surface area contributed by atoms with E-state index in [1.807, 2.05) is 0 Å². The van der Waals surface area contributed by atoms with Crippen LogP contribution < -0.4 is 48.7 Å². The summed E-state index contributed by atoms with van der Waals surface area (Å²) in [5.74, 6) is -7.02. The van der Waals surface area contributed by atoms with Crippen molar-refractivity contribution in [3.63, 3.8) is 0 Å². The van der Waals surface area contributed by atoms with Crippen molar-refractivity contribution in [2.75, 3.05) is 33.3 Å². The standard InChI is InChI=1S/C45H71N13O10/c1-6-27(4)37(57-39(62)31(16-12-20-59)53-41(64)36(26(2)3)56-38(61)30(52-35(60)24-48-5)15-10-18-50-45(46)47)42(65)54-32(22-29-23-49-25-51-29)43(66)58-19-11-17-34(58)40(63)55-33(44(67)68)21-28-13-8-7-9-14-28/h7-9,13-14,23,25-27,30-34,36-37,48,59H,6,10-12,15-22,24H2,1-5H3,(H,49,51)(H,52,60)(H,53,64)(H,54,65)(H,55,63)(H,56,61)(H,57,62)(H,67,68)(H4,46,47,50)/t27-,30-,31-,32-,33-,34-,36-,37-/m0/s1. The molecule has 0 spiro atoms. The number of guanidine groups is 1. The number of rotatable bonds is 29. The lowest BCUT2D eigenvalue weighted by atomic mass is 9.96. The second-order valence-corrected chi connectivity index (χ2v) is 17.2. The van der Waals surface area contributed by atoms with Gasteiger partial charge < -0.3 is 68.8 Å². The highest BCUT2D eigenvalue weighted by atomic mass is 16.4. The summed E-state index contributed by atoms with van der Waals surface area (Å²) < 4.78 is 0. The minimum Gasteiger partial charge on any atom is -0.480 e. The van der Waals surface area contributed by atoms with Crippen LogP contribution in [0.5, 0.6) is 0 Å². The minimum atomic E-state index is -1.29. The number of imidazole rings is 1. The number of hydrogen-bond acceptors (Lipinski definition) is 12. The fraction of sp³-hybridized carbons (Fsp3) is 0.600. The molecule has 1 aliphatic heterocycles. The zero-order valence-corrected chi connectivity index (χ0v) is 39.6. The summed E-state index contributed by atoms with van der Waals surface area (Å²) in [4.78, 5) is 121. The Balaban J connectivity index is 1.83. The van der Waals surface area contributed by atoms with Gasteiger partial charge in [-0.2, -0.15) is 0 Å². The maximum absolute atomic E-state index is 14.4. The van der Waals surface area contributed by atoms with Crippen LogP contribution in [-0.4, -0.2) is 154 Å². The first-order valence-corrected chi connectivity index (χ1v) is 23.1. The van der Waals surface area contributed by atoms with E-state index in [0.29, 0.717) is 30.5 Å². The number of nitrogens with one attached hydrogen (secondary N) is 8. The van der Waals surface area contributed by atoms with Gasteiger partial charge in [0.05, 0.1) is 12.9 Å². The number of aliphatic carboxylic acids is 1. The first-order valence-electron chi connectivity index (χ1n) is 23.1. The average molecular weight is 954 g/mol. The molecule has 1 fully saturated rings. The number of carboxylic acid groups (broad SMARTS) is 1. The van der Waals surface area contributed by atoms with E-state index >= 15 is 0 Å². The summed E-state index contributed by atoms with van der Waals surface area (Å²) in [7, 11) is 1.57. The van der Waals surface area contributed by atoms with Crippen LogP contribution in [0, 0.1) is 11.8 Å². The summed E-state index contributed by atoms with van der Waals surface area (Å²) in [6.07, 6.45) is 4.40. The van der Waals surface area contributed by atoms with Crippen molar-refractivity contribution in [2.45, 2.75) is 128 Å².